The van der Waals surface area contributed by atoms with Crippen LogP contribution in [0.25, 0.3) is 0 Å². The molecule has 0 aliphatic heterocycles. The molecule has 1 rings (SSSR count). The second-order valence-corrected chi connectivity index (χ2v) is 5.52. The van der Waals surface area contributed by atoms with Crippen molar-refractivity contribution in [3.63, 3.8) is 0 Å². The van der Waals surface area contributed by atoms with Crippen molar-refractivity contribution in [2.24, 2.45) is 5.14 Å². The fraction of sp³-hybridized carbons (Fsp3) is 0.556. The van der Waals surface area contributed by atoms with Gasteiger partial charge in [-0.15, -0.1) is 0 Å². The molecule has 0 fully saturated rings. The number of aromatic amines is 1. The number of sulfonamides is 1. The van der Waals surface area contributed by atoms with Crippen LogP contribution in [0.1, 0.15) is 28.2 Å². The van der Waals surface area contributed by atoms with Crippen molar-refractivity contribution in [1.82, 2.24) is 15.5 Å². The monoisotopic (exact) mass is 260 g/mol. The molecule has 0 aliphatic carbocycles. The van der Waals surface area contributed by atoms with E-state index in [-0.39, 0.29) is 18.2 Å². The lowest BCUT2D eigenvalue weighted by molar-refractivity contribution is 0.0952. The number of primary sulfonamides is 1. The largest absolute Gasteiger partial charge is 0.352 e. The second-order valence-electron chi connectivity index (χ2n) is 3.79. The van der Waals surface area contributed by atoms with Crippen LogP contribution in [-0.2, 0) is 10.0 Å². The molecule has 96 valence electrons. The Kier molecular flexibility index (Phi) is 4.24. The number of H-pyrrole nitrogens is 1. The number of amides is 1. The maximum absolute atomic E-state index is 11.7. The van der Waals surface area contributed by atoms with Gasteiger partial charge in [0.15, 0.2) is 0 Å². The van der Waals surface area contributed by atoms with Crippen LogP contribution in [0.15, 0.2) is 0 Å². The van der Waals surface area contributed by atoms with E-state index in [9.17, 15) is 13.2 Å². The first-order chi connectivity index (χ1) is 7.81. The van der Waals surface area contributed by atoms with E-state index in [1.165, 1.54) is 0 Å². The van der Waals surface area contributed by atoms with Crippen molar-refractivity contribution in [3.05, 3.63) is 17.0 Å². The third-order valence-corrected chi connectivity index (χ3v) is 3.10. The number of carbonyl (C=O) groups excluding carboxylic acids is 1. The van der Waals surface area contributed by atoms with E-state index in [0.717, 1.165) is 0 Å². The number of carbonyl (C=O) groups is 1. The van der Waals surface area contributed by atoms with Crippen LogP contribution in [-0.4, -0.2) is 36.8 Å². The summed E-state index contributed by atoms with van der Waals surface area (Å²) in [4.78, 5) is 11.7. The Balaban J connectivity index is 2.46. The molecule has 0 aromatic carbocycles. The molecule has 1 heterocycles. The van der Waals surface area contributed by atoms with Crippen LogP contribution in [0.4, 0.5) is 0 Å². The lowest BCUT2D eigenvalue weighted by Crippen LogP contribution is -2.28. The van der Waals surface area contributed by atoms with Gasteiger partial charge in [-0.1, -0.05) is 0 Å². The third-order valence-electron chi connectivity index (χ3n) is 2.25. The van der Waals surface area contributed by atoms with E-state index >= 15 is 0 Å². The number of hydrogen-bond donors (Lipinski definition) is 3. The molecule has 0 atom stereocenters. The maximum Gasteiger partial charge on any atom is 0.255 e. The zero-order valence-electron chi connectivity index (χ0n) is 9.78. The van der Waals surface area contributed by atoms with E-state index in [2.05, 4.69) is 15.5 Å². The third kappa shape index (κ3) is 4.16. The Bertz CT molecular complexity index is 487. The van der Waals surface area contributed by atoms with E-state index in [1.54, 1.807) is 13.8 Å². The number of hydrogen-bond acceptors (Lipinski definition) is 4. The first kappa shape index (κ1) is 13.7. The molecule has 0 radical (unpaired) electrons. The average molecular weight is 260 g/mol. The molecule has 1 aromatic heterocycles. The topological polar surface area (TPSA) is 118 Å². The minimum atomic E-state index is -3.46. The number of aromatic nitrogens is 2. The van der Waals surface area contributed by atoms with Crippen LogP contribution in [0, 0.1) is 13.8 Å². The first-order valence-electron chi connectivity index (χ1n) is 5.11. The summed E-state index contributed by atoms with van der Waals surface area (Å²) in [6, 6.07) is 0. The Hall–Kier alpha value is -1.41. The summed E-state index contributed by atoms with van der Waals surface area (Å²) in [7, 11) is -3.46. The summed E-state index contributed by atoms with van der Waals surface area (Å²) in [6.07, 6.45) is 0.292. The zero-order chi connectivity index (χ0) is 13.1. The van der Waals surface area contributed by atoms with Gasteiger partial charge in [0.1, 0.15) is 0 Å². The molecule has 1 aromatic rings. The second kappa shape index (κ2) is 5.28. The molecule has 0 aliphatic rings. The molecule has 0 saturated carbocycles. The van der Waals surface area contributed by atoms with Gasteiger partial charge in [-0.25, -0.2) is 13.6 Å². The van der Waals surface area contributed by atoms with Crippen molar-refractivity contribution < 1.29 is 13.2 Å². The molecule has 0 spiro atoms. The van der Waals surface area contributed by atoms with Crippen LogP contribution < -0.4 is 10.5 Å². The molecule has 7 nitrogen and oxygen atoms in total. The highest BCUT2D eigenvalue weighted by Crippen LogP contribution is 2.08. The number of rotatable bonds is 5. The molecule has 0 unspecified atom stereocenters. The predicted molar refractivity (Wildman–Crippen MR) is 63.0 cm³/mol. The Labute approximate surface area is 99.8 Å². The summed E-state index contributed by atoms with van der Waals surface area (Å²) in [6.45, 7) is 3.74. The van der Waals surface area contributed by atoms with Gasteiger partial charge >= 0.3 is 0 Å². The predicted octanol–water partition coefficient (Wildman–Crippen LogP) is -0.565. The SMILES string of the molecule is Cc1n[nH]c(C)c1C(=O)NCCCS(N)(=O)=O. The number of nitrogens with one attached hydrogen (secondary N) is 2. The summed E-state index contributed by atoms with van der Waals surface area (Å²) in [5.41, 5.74) is 1.80. The number of nitrogens with two attached hydrogens (primary N) is 1. The van der Waals surface area contributed by atoms with E-state index in [0.29, 0.717) is 23.4 Å². The van der Waals surface area contributed by atoms with Gasteiger partial charge in [0.25, 0.3) is 5.91 Å². The minimum absolute atomic E-state index is 0.142. The molecule has 8 heteroatoms. The van der Waals surface area contributed by atoms with Gasteiger partial charge in [0.05, 0.1) is 17.0 Å². The molecule has 4 N–H and O–H groups in total. The van der Waals surface area contributed by atoms with Crippen LogP contribution in [0.2, 0.25) is 0 Å². The van der Waals surface area contributed by atoms with Crippen LogP contribution in [0.3, 0.4) is 0 Å². The fourth-order valence-electron chi connectivity index (χ4n) is 1.45. The van der Waals surface area contributed by atoms with Gasteiger partial charge in [-0.05, 0) is 20.3 Å². The summed E-state index contributed by atoms with van der Waals surface area (Å²) < 4.78 is 21.3. The van der Waals surface area contributed by atoms with Crippen molar-refractivity contribution in [2.75, 3.05) is 12.3 Å². The van der Waals surface area contributed by atoms with Crippen molar-refractivity contribution in [1.29, 1.82) is 0 Å². The fourth-order valence-corrected chi connectivity index (χ4v) is 2.00. The lowest BCUT2D eigenvalue weighted by atomic mass is 10.2. The number of aryl methyl sites for hydroxylation is 2. The highest BCUT2D eigenvalue weighted by molar-refractivity contribution is 7.89. The zero-order valence-corrected chi connectivity index (χ0v) is 10.6. The average Bonchev–Trinajstić information content (AvgIpc) is 2.52. The molecule has 17 heavy (non-hydrogen) atoms. The Morgan fingerprint density at radius 3 is 2.59 bits per heavy atom. The molecule has 1 amide bonds. The van der Waals surface area contributed by atoms with Crippen molar-refractivity contribution in [2.45, 2.75) is 20.3 Å². The highest BCUT2D eigenvalue weighted by Gasteiger charge is 2.14. The van der Waals surface area contributed by atoms with E-state index < -0.39 is 10.0 Å². The Morgan fingerprint density at radius 2 is 2.12 bits per heavy atom. The van der Waals surface area contributed by atoms with E-state index in [4.69, 9.17) is 5.14 Å². The molecule has 0 bridgehead atoms. The normalized spacial score (nSPS) is 11.5. The Morgan fingerprint density at radius 1 is 1.47 bits per heavy atom. The van der Waals surface area contributed by atoms with Gasteiger partial charge in [-0.2, -0.15) is 5.10 Å². The summed E-state index contributed by atoms with van der Waals surface area (Å²) in [5, 5.41) is 14.1. The lowest BCUT2D eigenvalue weighted by Gasteiger charge is -2.04. The highest BCUT2D eigenvalue weighted by atomic mass is 32.2. The van der Waals surface area contributed by atoms with Crippen molar-refractivity contribution >= 4 is 15.9 Å². The smallest absolute Gasteiger partial charge is 0.255 e. The molecular weight excluding hydrogens is 244 g/mol. The van der Waals surface area contributed by atoms with Gasteiger partial charge < -0.3 is 5.32 Å². The quantitative estimate of drug-likeness (QED) is 0.614. The van der Waals surface area contributed by atoms with Gasteiger partial charge in [0, 0.05) is 12.2 Å². The maximum atomic E-state index is 11.7. The van der Waals surface area contributed by atoms with Crippen LogP contribution >= 0.6 is 0 Å². The summed E-state index contributed by atoms with van der Waals surface area (Å²) in [5.74, 6) is -0.403. The first-order valence-corrected chi connectivity index (χ1v) is 6.83. The van der Waals surface area contributed by atoms with Gasteiger partial charge in [0.2, 0.25) is 10.0 Å². The van der Waals surface area contributed by atoms with Crippen molar-refractivity contribution in [3.8, 4) is 0 Å². The molecular formula is C9H16N4O3S. The van der Waals surface area contributed by atoms with Gasteiger partial charge in [-0.3, -0.25) is 9.89 Å². The number of nitrogens with zero attached hydrogens (tertiary/aromatic N) is 1. The minimum Gasteiger partial charge on any atom is -0.352 e. The molecule has 0 saturated heterocycles. The summed E-state index contributed by atoms with van der Waals surface area (Å²) >= 11 is 0. The van der Waals surface area contributed by atoms with Crippen LogP contribution in [0.5, 0.6) is 0 Å². The van der Waals surface area contributed by atoms with E-state index in [1.807, 2.05) is 0 Å². The standard InChI is InChI=1S/C9H16N4O3S/c1-6-8(7(2)13-12-6)9(14)11-4-3-5-17(10,15)16/h3-5H2,1-2H3,(H,11,14)(H,12,13)(H2,10,15,16).